The second-order valence-corrected chi connectivity index (χ2v) is 6.22. The van der Waals surface area contributed by atoms with Crippen LogP contribution >= 0.6 is 0 Å². The van der Waals surface area contributed by atoms with Gasteiger partial charge in [0.05, 0.1) is 5.56 Å². The molecule has 0 aromatic heterocycles. The van der Waals surface area contributed by atoms with E-state index in [1.807, 2.05) is 0 Å². The van der Waals surface area contributed by atoms with Crippen molar-refractivity contribution in [3.63, 3.8) is 0 Å². The summed E-state index contributed by atoms with van der Waals surface area (Å²) < 4.78 is 38.0. The van der Waals surface area contributed by atoms with Crippen molar-refractivity contribution in [2.24, 2.45) is 10.4 Å². The third-order valence-electron chi connectivity index (χ3n) is 4.67. The van der Waals surface area contributed by atoms with Crippen molar-refractivity contribution in [1.29, 1.82) is 0 Å². The molecule has 1 unspecified atom stereocenters. The van der Waals surface area contributed by atoms with E-state index in [0.717, 1.165) is 12.1 Å². The number of amides is 2. The van der Waals surface area contributed by atoms with Gasteiger partial charge in [0, 0.05) is 5.69 Å². The average molecular weight is 354 g/mol. The topological polar surface area (TPSA) is 65.0 Å². The molecule has 2 aliphatic rings. The van der Waals surface area contributed by atoms with Gasteiger partial charge in [0.1, 0.15) is 18.8 Å². The number of nitrogens with one attached hydrogen (secondary N) is 1. The molecule has 2 amide bonds. The van der Waals surface area contributed by atoms with Crippen LogP contribution in [0.3, 0.4) is 0 Å². The molecule has 9 heteroatoms. The number of hydrogen-bond acceptors (Lipinski definition) is 4. The summed E-state index contributed by atoms with van der Waals surface area (Å²) >= 11 is 0. The molecule has 1 atom stereocenters. The Morgan fingerprint density at radius 3 is 2.44 bits per heavy atom. The Bertz CT molecular complexity index is 745. The second-order valence-electron chi connectivity index (χ2n) is 6.22. The minimum absolute atomic E-state index is 0.110. The number of rotatable bonds is 2. The summed E-state index contributed by atoms with van der Waals surface area (Å²) in [6, 6.07) is 4.67. The molecule has 0 aliphatic carbocycles. The summed E-state index contributed by atoms with van der Waals surface area (Å²) in [6.07, 6.45) is -4.07. The van der Waals surface area contributed by atoms with Crippen LogP contribution in [0.2, 0.25) is 0 Å². The van der Waals surface area contributed by atoms with E-state index in [-0.39, 0.29) is 25.2 Å². The van der Waals surface area contributed by atoms with Gasteiger partial charge < -0.3 is 4.90 Å². The van der Waals surface area contributed by atoms with Gasteiger partial charge in [-0.3, -0.25) is 19.8 Å². The number of carbonyl (C=O) groups excluding carboxylic acids is 2. The molecule has 6 nitrogen and oxygen atoms in total. The summed E-state index contributed by atoms with van der Waals surface area (Å²) in [6.45, 7) is 3.56. The third kappa shape index (κ3) is 2.83. The number of fused-ring (bicyclic) bond motifs is 1. The molecule has 1 aromatic rings. The maximum atomic E-state index is 12.7. The van der Waals surface area contributed by atoms with E-state index >= 15 is 0 Å². The highest BCUT2D eigenvalue weighted by Crippen LogP contribution is 2.32. The van der Waals surface area contributed by atoms with Gasteiger partial charge >= 0.3 is 6.18 Å². The van der Waals surface area contributed by atoms with Crippen molar-refractivity contribution in [3.8, 4) is 0 Å². The normalized spacial score (nSPS) is 24.0. The zero-order chi connectivity index (χ0) is 18.4. The smallest absolute Gasteiger partial charge is 0.334 e. The molecule has 0 bridgehead atoms. The number of hydrogen-bond donors (Lipinski definition) is 1. The van der Waals surface area contributed by atoms with E-state index in [2.05, 4.69) is 10.3 Å². The van der Waals surface area contributed by atoms with E-state index in [0.29, 0.717) is 12.1 Å². The summed E-state index contributed by atoms with van der Waals surface area (Å²) in [5.74, 6) is -0.573. The largest absolute Gasteiger partial charge is 0.416 e. The van der Waals surface area contributed by atoms with Gasteiger partial charge in [-0.2, -0.15) is 13.2 Å². The van der Waals surface area contributed by atoms with E-state index in [1.54, 1.807) is 18.7 Å². The summed E-state index contributed by atoms with van der Waals surface area (Å²) in [5.41, 5.74) is -1.40. The van der Waals surface area contributed by atoms with Gasteiger partial charge in [0.15, 0.2) is 0 Å². The molecule has 2 aliphatic heterocycles. The Morgan fingerprint density at radius 2 is 1.88 bits per heavy atom. The Kier molecular flexibility index (Phi) is 3.97. The van der Waals surface area contributed by atoms with E-state index < -0.39 is 23.1 Å². The first-order chi connectivity index (χ1) is 11.7. The Labute approximate surface area is 142 Å². The molecule has 2 heterocycles. The number of halogens is 3. The maximum absolute atomic E-state index is 12.7. The molecule has 0 saturated carbocycles. The van der Waals surface area contributed by atoms with Crippen LogP contribution in [0.15, 0.2) is 29.3 Å². The molecule has 1 fully saturated rings. The van der Waals surface area contributed by atoms with Crippen LogP contribution in [0, 0.1) is 5.41 Å². The average Bonchev–Trinajstić information content (AvgIpc) is 2.59. The molecule has 0 radical (unpaired) electrons. The fraction of sp³-hybridized carbons (Fsp3) is 0.438. The molecular weight excluding hydrogens is 337 g/mol. The van der Waals surface area contributed by atoms with Crippen LogP contribution in [0.4, 0.5) is 18.9 Å². The van der Waals surface area contributed by atoms with Crippen LogP contribution in [0.1, 0.15) is 25.8 Å². The first-order valence-electron chi connectivity index (χ1n) is 7.77. The standard InChI is InChI=1S/C16H17F3N4O2/c1-3-15(2)12(24)21-14-20-8-22(9-23(14)13(15)25)11-6-4-10(5-7-11)16(17,18)19/h4-7H,3,8-9H2,1-2H3,(H,20,21,24). The van der Waals surface area contributed by atoms with Gasteiger partial charge in [-0.15, -0.1) is 0 Å². The van der Waals surface area contributed by atoms with E-state index in [1.165, 1.54) is 17.0 Å². The second kappa shape index (κ2) is 5.75. The minimum Gasteiger partial charge on any atom is -0.334 e. The molecule has 1 aromatic carbocycles. The van der Waals surface area contributed by atoms with Crippen LogP contribution in [0.25, 0.3) is 0 Å². The monoisotopic (exact) mass is 354 g/mol. The van der Waals surface area contributed by atoms with E-state index in [4.69, 9.17) is 0 Å². The van der Waals surface area contributed by atoms with Crippen molar-refractivity contribution >= 4 is 23.5 Å². The predicted octanol–water partition coefficient (Wildman–Crippen LogP) is 2.17. The van der Waals surface area contributed by atoms with Crippen molar-refractivity contribution < 1.29 is 22.8 Å². The molecule has 3 rings (SSSR count). The fourth-order valence-electron chi connectivity index (χ4n) is 2.76. The molecule has 0 spiro atoms. The lowest BCUT2D eigenvalue weighted by molar-refractivity contribution is -0.149. The molecule has 1 N–H and O–H groups in total. The Balaban J connectivity index is 1.85. The van der Waals surface area contributed by atoms with Gasteiger partial charge in [-0.1, -0.05) is 6.92 Å². The first kappa shape index (κ1) is 17.2. The predicted molar refractivity (Wildman–Crippen MR) is 84.5 cm³/mol. The van der Waals surface area contributed by atoms with Gasteiger partial charge in [0.2, 0.25) is 17.8 Å². The molecule has 1 saturated heterocycles. The lowest BCUT2D eigenvalue weighted by Gasteiger charge is -2.43. The number of guanidine groups is 1. The maximum Gasteiger partial charge on any atom is 0.416 e. The number of nitrogens with zero attached hydrogens (tertiary/aromatic N) is 3. The zero-order valence-electron chi connectivity index (χ0n) is 13.7. The summed E-state index contributed by atoms with van der Waals surface area (Å²) in [7, 11) is 0. The number of aliphatic imine (C=N–C) groups is 1. The van der Waals surface area contributed by atoms with E-state index in [9.17, 15) is 22.8 Å². The molecule has 25 heavy (non-hydrogen) atoms. The highest BCUT2D eigenvalue weighted by atomic mass is 19.4. The van der Waals surface area contributed by atoms with Gasteiger partial charge in [-0.05, 0) is 37.6 Å². The minimum atomic E-state index is -4.40. The number of anilines is 1. The quantitative estimate of drug-likeness (QED) is 0.828. The third-order valence-corrected chi connectivity index (χ3v) is 4.67. The highest BCUT2D eigenvalue weighted by Gasteiger charge is 2.49. The van der Waals surface area contributed by atoms with Gasteiger partial charge in [-0.25, -0.2) is 4.99 Å². The molecule has 134 valence electrons. The van der Waals surface area contributed by atoms with Crippen molar-refractivity contribution in [2.75, 3.05) is 18.2 Å². The van der Waals surface area contributed by atoms with Crippen molar-refractivity contribution in [2.45, 2.75) is 26.4 Å². The Hall–Kier alpha value is -2.58. The zero-order valence-corrected chi connectivity index (χ0v) is 13.7. The van der Waals surface area contributed by atoms with Crippen LogP contribution in [-0.4, -0.2) is 36.0 Å². The van der Waals surface area contributed by atoms with Crippen LogP contribution in [0.5, 0.6) is 0 Å². The highest BCUT2D eigenvalue weighted by molar-refractivity contribution is 6.20. The summed E-state index contributed by atoms with van der Waals surface area (Å²) in [4.78, 5) is 32.0. The van der Waals surface area contributed by atoms with Gasteiger partial charge in [0.25, 0.3) is 0 Å². The number of benzene rings is 1. The van der Waals surface area contributed by atoms with Crippen LogP contribution in [-0.2, 0) is 15.8 Å². The lowest BCUT2D eigenvalue weighted by atomic mass is 9.83. The lowest BCUT2D eigenvalue weighted by Crippen LogP contribution is -2.66. The first-order valence-corrected chi connectivity index (χ1v) is 7.77. The number of carbonyl (C=O) groups is 2. The number of alkyl halides is 3. The van der Waals surface area contributed by atoms with Crippen LogP contribution < -0.4 is 10.2 Å². The summed E-state index contributed by atoms with van der Waals surface area (Å²) in [5, 5.41) is 2.63. The SMILES string of the molecule is CCC1(C)C(=O)NC2=NCN(c3ccc(C(F)(F)F)cc3)CN2C1=O. The van der Waals surface area contributed by atoms with Crippen molar-refractivity contribution in [3.05, 3.63) is 29.8 Å². The fourth-order valence-corrected chi connectivity index (χ4v) is 2.76. The van der Waals surface area contributed by atoms with Crippen molar-refractivity contribution in [1.82, 2.24) is 10.2 Å². The molecular formula is C16H17F3N4O2. The Morgan fingerprint density at radius 1 is 1.24 bits per heavy atom.